The highest BCUT2D eigenvalue weighted by Crippen LogP contribution is 2.49. The van der Waals surface area contributed by atoms with Gasteiger partial charge in [-0.1, -0.05) is 104 Å². The Balaban J connectivity index is 0.603. The van der Waals surface area contributed by atoms with Crippen LogP contribution in [-0.2, 0) is 64.8 Å². The van der Waals surface area contributed by atoms with Crippen molar-refractivity contribution in [3.8, 4) is 11.1 Å². The van der Waals surface area contributed by atoms with Crippen LogP contribution in [0.3, 0.4) is 0 Å². The number of hydrogen-bond acceptors (Lipinski definition) is 11. The van der Waals surface area contributed by atoms with E-state index in [9.17, 15) is 54.7 Å². The average molecular weight is 1370 g/mol. The molecule has 2 atom stereocenters. The monoisotopic (exact) mass is 1370 g/mol. The van der Waals surface area contributed by atoms with Crippen molar-refractivity contribution in [2.45, 2.75) is 119 Å². The van der Waals surface area contributed by atoms with E-state index in [1.807, 2.05) is 110 Å². The first-order chi connectivity index (χ1) is 47.4. The van der Waals surface area contributed by atoms with Crippen LogP contribution in [0.4, 0.5) is 36.4 Å². The Kier molecular flexibility index (Phi) is 24.4. The van der Waals surface area contributed by atoms with Crippen molar-refractivity contribution in [1.82, 2.24) is 29.4 Å². The zero-order chi connectivity index (χ0) is 70.5. The van der Waals surface area contributed by atoms with Gasteiger partial charge in [0.2, 0.25) is 11.8 Å². The number of amides is 4. The number of hydrogen-bond donors (Lipinski definition) is 0. The number of alkyl halides is 6. The summed E-state index contributed by atoms with van der Waals surface area (Å²) in [5, 5.41) is 0. The van der Waals surface area contributed by atoms with Gasteiger partial charge >= 0.3 is 18.3 Å². The first-order valence-corrected chi connectivity index (χ1v) is 34.4. The maximum atomic E-state index is 14.3. The van der Waals surface area contributed by atoms with E-state index in [-0.39, 0.29) is 68.0 Å². The summed E-state index contributed by atoms with van der Waals surface area (Å²) in [6.07, 6.45) is -1.92. The largest absolute Gasteiger partial charge is 0.462 e. The van der Waals surface area contributed by atoms with Gasteiger partial charge in [-0.3, -0.25) is 24.0 Å². The highest BCUT2D eigenvalue weighted by Gasteiger charge is 2.50. The molecule has 6 aromatic rings. The van der Waals surface area contributed by atoms with Gasteiger partial charge < -0.3 is 48.5 Å². The summed E-state index contributed by atoms with van der Waals surface area (Å²) in [6, 6.07) is 40.0. The number of nitrogens with zero attached hydrogens (tertiary/aromatic N) is 7. The van der Waals surface area contributed by atoms with Crippen LogP contribution >= 0.6 is 0 Å². The normalized spacial score (nSPS) is 18.1. The molecule has 4 aliphatic rings. The van der Waals surface area contributed by atoms with Gasteiger partial charge in [0.05, 0.1) is 30.2 Å². The van der Waals surface area contributed by atoms with Gasteiger partial charge in [0.1, 0.15) is 30.9 Å². The molecule has 0 saturated carbocycles. The number of ether oxygens (including phenoxy) is 3. The van der Waals surface area contributed by atoms with E-state index in [0.29, 0.717) is 94.6 Å². The standard InChI is InChI=1S/C77H90F7N7O8/c1-85(37-15-6-5-10-23-69(92)87(3)45-46-89-40-32-65(33-41-89)99-71(94)50-57-19-11-13-21-66(57)55-17-8-7-9-18-55)64-30-24-56(25-31-64)72(95)88(4)39-16-38-86(2)70(93)52-97-68-49-58-20-12-14-22-67(58)74(68)34-42-90(43-35-74)44-36-75(60-26-28-63(78)29-27-60)53-91(54-98-75)73(96)59-47-61(76(79,80)81)51-62(48-59)77(82,83)84/h7-9,11-14,17-22,24-31,47-48,51,65,68H,5-6,10,15-16,23,32-46,49-50,52-54H2,1-4H3/t68-,75-/m0/s1. The van der Waals surface area contributed by atoms with Gasteiger partial charge in [0.15, 0.2) is 0 Å². The van der Waals surface area contributed by atoms with Crippen molar-refractivity contribution in [2.75, 3.05) is 118 Å². The molecule has 22 heteroatoms. The van der Waals surface area contributed by atoms with E-state index >= 15 is 0 Å². The van der Waals surface area contributed by atoms with Crippen molar-refractivity contribution in [3.05, 3.63) is 196 Å². The zero-order valence-corrected chi connectivity index (χ0v) is 56.9. The van der Waals surface area contributed by atoms with Crippen LogP contribution < -0.4 is 4.90 Å². The second kappa shape index (κ2) is 32.9. The fourth-order valence-corrected chi connectivity index (χ4v) is 14.3. The van der Waals surface area contributed by atoms with Crippen molar-refractivity contribution < 1.29 is 68.9 Å². The minimum Gasteiger partial charge on any atom is -0.462 e. The van der Waals surface area contributed by atoms with Crippen molar-refractivity contribution in [1.29, 1.82) is 0 Å². The molecule has 3 heterocycles. The Bertz CT molecular complexity index is 3680. The smallest absolute Gasteiger partial charge is 0.416 e. The van der Waals surface area contributed by atoms with Crippen LogP contribution in [0.1, 0.15) is 125 Å². The first-order valence-electron chi connectivity index (χ1n) is 34.4. The van der Waals surface area contributed by atoms with E-state index in [1.54, 1.807) is 23.9 Å². The molecule has 3 saturated heterocycles. The Morgan fingerprint density at radius 2 is 1.24 bits per heavy atom. The summed E-state index contributed by atoms with van der Waals surface area (Å²) in [6.45, 7) is 5.58. The van der Waals surface area contributed by atoms with Gasteiger partial charge in [-0.2, -0.15) is 26.3 Å². The molecule has 0 bridgehead atoms. The molecular weight excluding hydrogens is 1280 g/mol. The quantitative estimate of drug-likeness (QED) is 0.0264. The number of rotatable bonds is 28. The lowest BCUT2D eigenvalue weighted by molar-refractivity contribution is -0.150. The summed E-state index contributed by atoms with van der Waals surface area (Å²) in [4.78, 5) is 79.9. The number of piperidine rings is 2. The van der Waals surface area contributed by atoms with Gasteiger partial charge in [0, 0.05) is 109 Å². The fraction of sp³-hybridized carbons (Fsp3) is 0.468. The van der Waals surface area contributed by atoms with E-state index in [4.69, 9.17) is 14.2 Å². The number of halogens is 7. The molecular formula is C77H90F7N7O8. The van der Waals surface area contributed by atoms with Crippen LogP contribution in [-0.4, -0.2) is 185 Å². The predicted molar refractivity (Wildman–Crippen MR) is 364 cm³/mol. The third-order valence-electron chi connectivity index (χ3n) is 20.4. The summed E-state index contributed by atoms with van der Waals surface area (Å²) in [5.74, 6) is -1.97. The van der Waals surface area contributed by atoms with Crippen LogP contribution in [0.25, 0.3) is 11.1 Å². The molecule has 0 radical (unpaired) electrons. The number of benzene rings is 6. The van der Waals surface area contributed by atoms with Crippen LogP contribution in [0, 0.1) is 5.82 Å². The summed E-state index contributed by atoms with van der Waals surface area (Å²) < 4.78 is 116. The number of unbranched alkanes of at least 4 members (excludes halogenated alkanes) is 3. The molecule has 4 amide bonds. The van der Waals surface area contributed by atoms with Crippen molar-refractivity contribution in [3.63, 3.8) is 0 Å². The van der Waals surface area contributed by atoms with Crippen LogP contribution in [0.5, 0.6) is 0 Å². The lowest BCUT2D eigenvalue weighted by atomic mass is 9.72. The zero-order valence-electron chi connectivity index (χ0n) is 56.9. The molecule has 10 rings (SSSR count). The van der Waals surface area contributed by atoms with Gasteiger partial charge in [-0.15, -0.1) is 0 Å². The Morgan fingerprint density at radius 3 is 1.94 bits per heavy atom. The summed E-state index contributed by atoms with van der Waals surface area (Å²) in [7, 11) is 7.38. The first kappa shape index (κ1) is 73.5. The second-order valence-electron chi connectivity index (χ2n) is 27.1. The fourth-order valence-electron chi connectivity index (χ4n) is 14.3. The van der Waals surface area contributed by atoms with Gasteiger partial charge in [0.25, 0.3) is 11.8 Å². The Labute approximate surface area is 575 Å². The molecule has 1 spiro atoms. The highest BCUT2D eigenvalue weighted by atomic mass is 19.4. The third kappa shape index (κ3) is 18.8. The molecule has 1 aliphatic carbocycles. The summed E-state index contributed by atoms with van der Waals surface area (Å²) in [5.41, 5.74) is 1.76. The molecule has 530 valence electrons. The van der Waals surface area contributed by atoms with Crippen molar-refractivity contribution >= 4 is 35.3 Å². The molecule has 6 aromatic carbocycles. The number of fused-ring (bicyclic) bond motifs is 2. The molecule has 3 fully saturated rings. The number of esters is 1. The molecule has 0 unspecified atom stereocenters. The molecule has 3 aliphatic heterocycles. The molecule has 15 nitrogen and oxygen atoms in total. The topological polar surface area (TPSA) is 136 Å². The lowest BCUT2D eigenvalue weighted by Crippen LogP contribution is -2.50. The maximum absolute atomic E-state index is 14.3. The Hall–Kier alpha value is -8.18. The maximum Gasteiger partial charge on any atom is 0.416 e. The molecule has 99 heavy (non-hydrogen) atoms. The van der Waals surface area contributed by atoms with E-state index in [2.05, 4.69) is 26.8 Å². The Morgan fingerprint density at radius 1 is 0.616 bits per heavy atom. The van der Waals surface area contributed by atoms with Gasteiger partial charge in [-0.05, 0) is 159 Å². The molecule has 0 N–H and O–H groups in total. The summed E-state index contributed by atoms with van der Waals surface area (Å²) >= 11 is 0. The lowest BCUT2D eigenvalue weighted by Gasteiger charge is -2.44. The van der Waals surface area contributed by atoms with E-state index in [1.165, 1.54) is 29.8 Å². The molecule has 0 aromatic heterocycles. The highest BCUT2D eigenvalue weighted by molar-refractivity contribution is 5.95. The second-order valence-corrected chi connectivity index (χ2v) is 27.1. The van der Waals surface area contributed by atoms with E-state index < -0.39 is 58.5 Å². The average Bonchev–Trinajstić information content (AvgIpc) is 1.61. The number of anilines is 1. The van der Waals surface area contributed by atoms with Crippen LogP contribution in [0.15, 0.2) is 146 Å². The predicted octanol–water partition coefficient (Wildman–Crippen LogP) is 12.9. The number of carbonyl (C=O) groups is 5. The number of carbonyl (C=O) groups excluding carboxylic acids is 5. The minimum atomic E-state index is -5.15. The van der Waals surface area contributed by atoms with Crippen molar-refractivity contribution in [2.24, 2.45) is 0 Å². The number of likely N-dealkylation sites (tertiary alicyclic amines) is 2. The van der Waals surface area contributed by atoms with Gasteiger partial charge in [-0.25, -0.2) is 4.39 Å². The minimum absolute atomic E-state index is 0.0268. The SMILES string of the molecule is CN(CCN1CCC(OC(=O)Cc2ccccc2-c2ccccc2)CC1)C(=O)CCCCCCN(C)c1ccc(C(=O)N(C)CCCN(C)C(=O)CO[C@H]2Cc3ccccc3C23CCN(CC[C@@]2(c4ccc(F)cc4)CN(C(=O)c4cc(C(F)(F)F)cc(C(F)(F)F)c4)CO2)CC3)cc1. The van der Waals surface area contributed by atoms with Crippen LogP contribution in [0.2, 0.25) is 0 Å². The number of likely N-dealkylation sites (N-methyl/N-ethyl adjacent to an activating group) is 2. The third-order valence-corrected chi connectivity index (χ3v) is 20.4. The van der Waals surface area contributed by atoms with E-state index in [0.717, 1.165) is 97.5 Å².